The van der Waals surface area contributed by atoms with E-state index < -0.39 is 0 Å². The molecule has 1 amide bonds. The number of ketones is 1. The van der Waals surface area contributed by atoms with Crippen molar-refractivity contribution in [2.45, 2.75) is 24.9 Å². The third kappa shape index (κ3) is 1.72. The van der Waals surface area contributed by atoms with Crippen molar-refractivity contribution >= 4 is 34.8 Å². The first-order chi connectivity index (χ1) is 7.97. The predicted molar refractivity (Wildman–Crippen MR) is 68.9 cm³/mol. The quantitative estimate of drug-likeness (QED) is 0.622. The van der Waals surface area contributed by atoms with Crippen LogP contribution in [-0.2, 0) is 11.8 Å². The third-order valence-corrected chi connectivity index (χ3v) is 3.73. The molecule has 0 spiro atoms. The Bertz CT molecular complexity index is 507. The molecule has 1 aromatic rings. The number of fused-ring (bicyclic) bond motifs is 1. The topological polar surface area (TPSA) is 63.1 Å². The van der Waals surface area contributed by atoms with E-state index in [1.807, 2.05) is 17.9 Å². The van der Waals surface area contributed by atoms with Crippen molar-refractivity contribution in [3.05, 3.63) is 5.69 Å². The lowest BCUT2D eigenvalue weighted by molar-refractivity contribution is -0.116. The Kier molecular flexibility index (Phi) is 2.91. The van der Waals surface area contributed by atoms with E-state index in [-0.39, 0.29) is 17.7 Å². The molecule has 6 heteroatoms. The highest BCUT2D eigenvalue weighted by molar-refractivity contribution is 7.98. The minimum Gasteiger partial charge on any atom is -0.370 e. The third-order valence-electron chi connectivity index (χ3n) is 2.87. The number of carbonyl (C=O) groups is 2. The monoisotopic (exact) mass is 253 g/mol. The molecule has 2 heterocycles. The van der Waals surface area contributed by atoms with Crippen LogP contribution < -0.4 is 10.6 Å². The summed E-state index contributed by atoms with van der Waals surface area (Å²) in [4.78, 5) is 23.3. The zero-order chi connectivity index (χ0) is 12.7. The van der Waals surface area contributed by atoms with E-state index in [2.05, 4.69) is 10.6 Å². The first-order valence-corrected chi connectivity index (χ1v) is 6.54. The summed E-state index contributed by atoms with van der Waals surface area (Å²) in [6, 6.07) is -0.322. The molecule has 17 heavy (non-hydrogen) atoms. The highest BCUT2D eigenvalue weighted by atomic mass is 32.2. The Balaban J connectivity index is 2.66. The number of nitrogens with zero attached hydrogens (tertiary/aromatic N) is 1. The van der Waals surface area contributed by atoms with Crippen molar-refractivity contribution < 1.29 is 9.59 Å². The van der Waals surface area contributed by atoms with Crippen LogP contribution >= 0.6 is 11.8 Å². The number of amides is 1. The molecule has 2 N–H and O–H groups in total. The maximum absolute atomic E-state index is 11.7. The summed E-state index contributed by atoms with van der Waals surface area (Å²) in [6.45, 7) is 3.30. The molecule has 1 atom stereocenters. The lowest BCUT2D eigenvalue weighted by Crippen LogP contribution is -2.36. The molecule has 5 nitrogen and oxygen atoms in total. The molecule has 2 rings (SSSR count). The van der Waals surface area contributed by atoms with Gasteiger partial charge in [-0.05, 0) is 13.2 Å². The average molecular weight is 253 g/mol. The fourth-order valence-corrected chi connectivity index (χ4v) is 2.81. The Morgan fingerprint density at radius 3 is 2.59 bits per heavy atom. The van der Waals surface area contributed by atoms with Gasteiger partial charge in [-0.1, -0.05) is 0 Å². The Morgan fingerprint density at radius 1 is 1.41 bits per heavy atom. The van der Waals surface area contributed by atoms with Gasteiger partial charge in [0.1, 0.15) is 16.8 Å². The van der Waals surface area contributed by atoms with Crippen molar-refractivity contribution in [2.75, 3.05) is 16.9 Å². The second-order valence-electron chi connectivity index (χ2n) is 4.08. The van der Waals surface area contributed by atoms with E-state index in [1.165, 1.54) is 18.7 Å². The first kappa shape index (κ1) is 12.0. The summed E-state index contributed by atoms with van der Waals surface area (Å²) in [5.74, 6) is -0.0894. The van der Waals surface area contributed by atoms with Crippen molar-refractivity contribution in [3.8, 4) is 0 Å². The fraction of sp³-hybridized carbons (Fsp3) is 0.455. The van der Waals surface area contributed by atoms with Gasteiger partial charge in [-0.3, -0.25) is 9.59 Å². The number of hydrogen-bond donors (Lipinski definition) is 2. The van der Waals surface area contributed by atoms with Crippen molar-refractivity contribution in [3.63, 3.8) is 0 Å². The minimum absolute atomic E-state index is 0.0140. The van der Waals surface area contributed by atoms with E-state index in [1.54, 1.807) is 6.92 Å². The van der Waals surface area contributed by atoms with Crippen LogP contribution in [0.5, 0.6) is 0 Å². The number of thioether (sulfide) groups is 1. The van der Waals surface area contributed by atoms with Crippen LogP contribution in [0, 0.1) is 0 Å². The van der Waals surface area contributed by atoms with E-state index >= 15 is 0 Å². The number of rotatable bonds is 2. The van der Waals surface area contributed by atoms with Crippen LogP contribution in [0.2, 0.25) is 0 Å². The maximum Gasteiger partial charge on any atom is 0.246 e. The van der Waals surface area contributed by atoms with Gasteiger partial charge in [0.25, 0.3) is 0 Å². The number of carbonyl (C=O) groups excluding carboxylic acids is 2. The van der Waals surface area contributed by atoms with Crippen LogP contribution in [0.4, 0.5) is 11.4 Å². The summed E-state index contributed by atoms with van der Waals surface area (Å²) in [5, 5.41) is 6.82. The Morgan fingerprint density at radius 2 is 2.06 bits per heavy atom. The second kappa shape index (κ2) is 4.10. The van der Waals surface area contributed by atoms with Gasteiger partial charge in [0, 0.05) is 14.0 Å². The molecule has 1 aromatic heterocycles. The Labute approximate surface area is 104 Å². The van der Waals surface area contributed by atoms with Crippen LogP contribution in [0.25, 0.3) is 0 Å². The fourth-order valence-electron chi connectivity index (χ4n) is 2.08. The number of Topliss-reactive ketones (excluding diaryl/α,β-unsaturated/α-hetero) is 1. The molecule has 0 radical (unpaired) electrons. The van der Waals surface area contributed by atoms with Gasteiger partial charge >= 0.3 is 0 Å². The highest BCUT2D eigenvalue weighted by Gasteiger charge is 2.31. The van der Waals surface area contributed by atoms with Crippen LogP contribution in [0.15, 0.2) is 5.03 Å². The smallest absolute Gasteiger partial charge is 0.246 e. The SMILES string of the molecule is CSc1c2c(c(C(C)=O)n1C)N[C@@H](C)C(=O)N2. The van der Waals surface area contributed by atoms with Crippen LogP contribution in [0.1, 0.15) is 24.3 Å². The van der Waals surface area contributed by atoms with E-state index in [4.69, 9.17) is 0 Å². The number of anilines is 2. The molecule has 0 saturated heterocycles. The lowest BCUT2D eigenvalue weighted by Gasteiger charge is -2.22. The lowest BCUT2D eigenvalue weighted by atomic mass is 10.1. The van der Waals surface area contributed by atoms with Gasteiger partial charge in [0.05, 0.1) is 11.4 Å². The normalized spacial score (nSPS) is 18.4. The summed E-state index contributed by atoms with van der Waals surface area (Å²) < 4.78 is 1.82. The van der Waals surface area contributed by atoms with Gasteiger partial charge in [-0.15, -0.1) is 11.8 Å². The molecule has 0 saturated carbocycles. The van der Waals surface area contributed by atoms with E-state index in [0.29, 0.717) is 11.4 Å². The van der Waals surface area contributed by atoms with E-state index in [9.17, 15) is 9.59 Å². The summed E-state index contributed by atoms with van der Waals surface area (Å²) in [5.41, 5.74) is 2.06. The predicted octanol–water partition coefficient (Wildman–Crippen LogP) is 1.70. The molecule has 1 aliphatic heterocycles. The summed E-state index contributed by atoms with van der Waals surface area (Å²) in [6.07, 6.45) is 1.92. The molecular formula is C11H15N3O2S. The highest BCUT2D eigenvalue weighted by Crippen LogP contribution is 2.40. The zero-order valence-corrected chi connectivity index (χ0v) is 11.1. The average Bonchev–Trinajstić information content (AvgIpc) is 2.50. The minimum atomic E-state index is -0.322. The molecular weight excluding hydrogens is 238 g/mol. The maximum atomic E-state index is 11.7. The van der Waals surface area contributed by atoms with Crippen LogP contribution in [0.3, 0.4) is 0 Å². The molecule has 0 bridgehead atoms. The van der Waals surface area contributed by atoms with Crippen LogP contribution in [-0.4, -0.2) is 28.6 Å². The number of aromatic nitrogens is 1. The zero-order valence-electron chi connectivity index (χ0n) is 10.2. The number of nitrogens with one attached hydrogen (secondary N) is 2. The summed E-state index contributed by atoms with van der Waals surface area (Å²) in [7, 11) is 1.83. The molecule has 92 valence electrons. The summed E-state index contributed by atoms with van der Waals surface area (Å²) >= 11 is 1.51. The van der Waals surface area contributed by atoms with Crippen molar-refractivity contribution in [1.29, 1.82) is 0 Å². The molecule has 0 fully saturated rings. The Hall–Kier alpha value is -1.43. The largest absolute Gasteiger partial charge is 0.370 e. The van der Waals surface area contributed by atoms with Gasteiger partial charge in [-0.2, -0.15) is 0 Å². The van der Waals surface area contributed by atoms with Gasteiger partial charge in [0.2, 0.25) is 5.91 Å². The standard InChI is InChI=1S/C11H15N3O2S/c1-5-10(16)13-8-7(12-5)9(6(2)15)14(3)11(8)17-4/h5,12H,1-4H3,(H,13,16)/t5-/m0/s1. The van der Waals surface area contributed by atoms with Crippen molar-refractivity contribution in [2.24, 2.45) is 7.05 Å². The molecule has 1 aliphatic rings. The van der Waals surface area contributed by atoms with Gasteiger partial charge in [-0.25, -0.2) is 0 Å². The van der Waals surface area contributed by atoms with E-state index in [0.717, 1.165) is 10.7 Å². The molecule has 0 unspecified atom stereocenters. The van der Waals surface area contributed by atoms with Gasteiger partial charge in [0.15, 0.2) is 5.78 Å². The molecule has 0 aromatic carbocycles. The van der Waals surface area contributed by atoms with Gasteiger partial charge < -0.3 is 15.2 Å². The first-order valence-electron chi connectivity index (χ1n) is 5.32. The molecule has 0 aliphatic carbocycles. The van der Waals surface area contributed by atoms with Crippen molar-refractivity contribution in [1.82, 2.24) is 4.57 Å². The second-order valence-corrected chi connectivity index (χ2v) is 4.87. The number of hydrogen-bond acceptors (Lipinski definition) is 4.